The zero-order valence-electron chi connectivity index (χ0n) is 11.1. The molecule has 1 aromatic heterocycles. The topological polar surface area (TPSA) is 45.9 Å². The second-order valence-corrected chi connectivity index (χ2v) is 4.26. The summed E-state index contributed by atoms with van der Waals surface area (Å²) in [4.78, 5) is 3.40. The molecule has 108 valence electrons. The molecule has 0 saturated heterocycles. The number of halogens is 3. The molecule has 0 amide bonds. The van der Waals surface area contributed by atoms with Crippen LogP contribution in [-0.4, -0.2) is 4.98 Å². The van der Waals surface area contributed by atoms with Crippen LogP contribution in [0.1, 0.15) is 23.7 Å². The van der Waals surface area contributed by atoms with Crippen molar-refractivity contribution in [3.63, 3.8) is 0 Å². The molecule has 0 N–H and O–H groups in total. The first kappa shape index (κ1) is 14.9. The molecule has 0 aliphatic heterocycles. The molecular weight excluding hydrogens is 281 g/mol. The molecule has 0 bridgehead atoms. The number of hydrogen-bond donors (Lipinski definition) is 0. The number of benzene rings is 1. The highest BCUT2D eigenvalue weighted by Gasteiger charge is 2.33. The molecule has 1 heterocycles. The second kappa shape index (κ2) is 5.83. The van der Waals surface area contributed by atoms with Crippen LogP contribution in [0.25, 0.3) is 0 Å². The molecule has 0 fully saturated rings. The monoisotopic (exact) mass is 292 g/mol. The van der Waals surface area contributed by atoms with Crippen LogP contribution in [0.3, 0.4) is 0 Å². The van der Waals surface area contributed by atoms with E-state index in [0.717, 1.165) is 24.1 Å². The smallest absolute Gasteiger partial charge is 0.433 e. The van der Waals surface area contributed by atoms with Gasteiger partial charge in [-0.05, 0) is 36.2 Å². The number of rotatable bonds is 3. The van der Waals surface area contributed by atoms with Gasteiger partial charge < -0.3 is 4.74 Å². The van der Waals surface area contributed by atoms with Gasteiger partial charge in [0.2, 0.25) is 5.88 Å². The highest BCUT2D eigenvalue weighted by Crippen LogP contribution is 2.31. The first-order valence-electron chi connectivity index (χ1n) is 6.19. The Labute approximate surface area is 119 Å². The predicted molar refractivity (Wildman–Crippen MR) is 69.8 cm³/mol. The van der Waals surface area contributed by atoms with Gasteiger partial charge >= 0.3 is 6.18 Å². The van der Waals surface area contributed by atoms with Gasteiger partial charge in [0.1, 0.15) is 23.1 Å². The Hall–Kier alpha value is -2.55. The first-order valence-corrected chi connectivity index (χ1v) is 6.19. The van der Waals surface area contributed by atoms with E-state index >= 15 is 0 Å². The fraction of sp³-hybridized carbons (Fsp3) is 0.200. The van der Waals surface area contributed by atoms with Crippen LogP contribution in [0.4, 0.5) is 13.2 Å². The number of pyridine rings is 1. The molecule has 0 unspecified atom stereocenters. The van der Waals surface area contributed by atoms with Crippen LogP contribution < -0.4 is 4.74 Å². The lowest BCUT2D eigenvalue weighted by Crippen LogP contribution is -2.09. The Bertz CT molecular complexity index is 690. The minimum Gasteiger partial charge on any atom is -0.438 e. The van der Waals surface area contributed by atoms with Crippen molar-refractivity contribution in [2.75, 3.05) is 0 Å². The van der Waals surface area contributed by atoms with Crippen LogP contribution >= 0.6 is 0 Å². The highest BCUT2D eigenvalue weighted by molar-refractivity contribution is 5.42. The van der Waals surface area contributed by atoms with Gasteiger partial charge in [-0.25, -0.2) is 4.98 Å². The number of aryl methyl sites for hydroxylation is 1. The second-order valence-electron chi connectivity index (χ2n) is 4.26. The van der Waals surface area contributed by atoms with Crippen LogP contribution in [0.15, 0.2) is 36.4 Å². The molecule has 2 aromatic rings. The molecule has 6 heteroatoms. The molecule has 21 heavy (non-hydrogen) atoms. The van der Waals surface area contributed by atoms with Gasteiger partial charge in [-0.2, -0.15) is 18.4 Å². The number of nitriles is 1. The zero-order valence-corrected chi connectivity index (χ0v) is 11.1. The van der Waals surface area contributed by atoms with Crippen molar-refractivity contribution in [3.8, 4) is 17.7 Å². The van der Waals surface area contributed by atoms with E-state index in [0.29, 0.717) is 5.75 Å². The van der Waals surface area contributed by atoms with Crippen LogP contribution in [0.5, 0.6) is 11.6 Å². The summed E-state index contributed by atoms with van der Waals surface area (Å²) in [6, 6.07) is 10.5. The molecule has 1 aromatic carbocycles. The molecule has 0 atom stereocenters. The van der Waals surface area contributed by atoms with Crippen molar-refractivity contribution in [1.82, 2.24) is 4.98 Å². The van der Waals surface area contributed by atoms with Crippen molar-refractivity contribution in [3.05, 3.63) is 53.2 Å². The minimum absolute atomic E-state index is 0.0510. The minimum atomic E-state index is -4.59. The molecule has 0 aliphatic carbocycles. The third-order valence-corrected chi connectivity index (χ3v) is 2.79. The van der Waals surface area contributed by atoms with Gasteiger partial charge in [-0.1, -0.05) is 19.1 Å². The standard InChI is InChI=1S/C15H11F3N2O/c1-2-10-4-3-5-12(8-10)21-14-11(9-19)6-7-13(20-14)15(16,17)18/h3-8H,2H2,1H3. The summed E-state index contributed by atoms with van der Waals surface area (Å²) < 4.78 is 43.3. The van der Waals surface area contributed by atoms with E-state index in [2.05, 4.69) is 4.98 Å². The summed E-state index contributed by atoms with van der Waals surface area (Å²) in [5, 5.41) is 8.94. The van der Waals surface area contributed by atoms with Gasteiger partial charge in [0.15, 0.2) is 0 Å². The van der Waals surface area contributed by atoms with Crippen molar-refractivity contribution < 1.29 is 17.9 Å². The summed E-state index contributed by atoms with van der Waals surface area (Å²) in [6.45, 7) is 1.95. The van der Waals surface area contributed by atoms with E-state index in [-0.39, 0.29) is 11.4 Å². The van der Waals surface area contributed by atoms with Crippen LogP contribution in [0, 0.1) is 11.3 Å². The van der Waals surface area contributed by atoms with Gasteiger partial charge in [0.05, 0.1) is 0 Å². The molecule has 0 radical (unpaired) electrons. The molecule has 2 rings (SSSR count). The van der Waals surface area contributed by atoms with E-state index in [9.17, 15) is 13.2 Å². The van der Waals surface area contributed by atoms with Gasteiger partial charge in [0, 0.05) is 0 Å². The lowest BCUT2D eigenvalue weighted by atomic mass is 10.2. The van der Waals surface area contributed by atoms with E-state index in [1.807, 2.05) is 13.0 Å². The fourth-order valence-electron chi connectivity index (χ4n) is 1.70. The predicted octanol–water partition coefficient (Wildman–Crippen LogP) is 4.33. The van der Waals surface area contributed by atoms with Crippen molar-refractivity contribution >= 4 is 0 Å². The van der Waals surface area contributed by atoms with E-state index < -0.39 is 11.9 Å². The third-order valence-electron chi connectivity index (χ3n) is 2.79. The first-order chi connectivity index (χ1) is 9.94. The SMILES string of the molecule is CCc1cccc(Oc2nc(C(F)(F)F)ccc2C#N)c1. The fourth-order valence-corrected chi connectivity index (χ4v) is 1.70. The summed E-state index contributed by atoms with van der Waals surface area (Å²) >= 11 is 0. The molecule has 0 spiro atoms. The lowest BCUT2D eigenvalue weighted by molar-refractivity contribution is -0.141. The number of hydrogen-bond acceptors (Lipinski definition) is 3. The van der Waals surface area contributed by atoms with Crippen molar-refractivity contribution in [1.29, 1.82) is 5.26 Å². The largest absolute Gasteiger partial charge is 0.438 e. The zero-order chi connectivity index (χ0) is 15.5. The van der Waals surface area contributed by atoms with Gasteiger partial charge in [-0.3, -0.25) is 0 Å². The van der Waals surface area contributed by atoms with E-state index in [1.165, 1.54) is 0 Å². The summed E-state index contributed by atoms with van der Waals surface area (Å²) in [7, 11) is 0. The highest BCUT2D eigenvalue weighted by atomic mass is 19.4. The molecule has 0 aliphatic rings. The Kier molecular flexibility index (Phi) is 4.13. The maximum atomic E-state index is 12.7. The summed E-state index contributed by atoms with van der Waals surface area (Å²) in [5.74, 6) is -0.00162. The number of aromatic nitrogens is 1. The quantitative estimate of drug-likeness (QED) is 0.846. The number of alkyl halides is 3. The van der Waals surface area contributed by atoms with Crippen LogP contribution in [0.2, 0.25) is 0 Å². The maximum absolute atomic E-state index is 12.7. The van der Waals surface area contributed by atoms with E-state index in [4.69, 9.17) is 10.00 Å². The van der Waals surface area contributed by atoms with Gasteiger partial charge in [-0.15, -0.1) is 0 Å². The Morgan fingerprint density at radius 1 is 1.24 bits per heavy atom. The van der Waals surface area contributed by atoms with E-state index in [1.54, 1.807) is 24.3 Å². The Morgan fingerprint density at radius 3 is 2.62 bits per heavy atom. The average Bonchev–Trinajstić information content (AvgIpc) is 2.46. The summed E-state index contributed by atoms with van der Waals surface area (Å²) in [5.41, 5.74) is -0.175. The Morgan fingerprint density at radius 2 is 2.00 bits per heavy atom. The van der Waals surface area contributed by atoms with Gasteiger partial charge in [0.25, 0.3) is 0 Å². The number of nitrogens with zero attached hydrogens (tertiary/aromatic N) is 2. The number of ether oxygens (including phenoxy) is 1. The molecule has 3 nitrogen and oxygen atoms in total. The van der Waals surface area contributed by atoms with Crippen molar-refractivity contribution in [2.45, 2.75) is 19.5 Å². The Balaban J connectivity index is 2.40. The lowest BCUT2D eigenvalue weighted by Gasteiger charge is -2.10. The third kappa shape index (κ3) is 3.51. The average molecular weight is 292 g/mol. The molecular formula is C15H11F3N2O. The molecule has 0 saturated carbocycles. The van der Waals surface area contributed by atoms with Crippen molar-refractivity contribution in [2.24, 2.45) is 0 Å². The normalized spacial score (nSPS) is 11.0. The maximum Gasteiger partial charge on any atom is 0.433 e. The summed E-state index contributed by atoms with van der Waals surface area (Å²) in [6.07, 6.45) is -3.82. The van der Waals surface area contributed by atoms with Crippen LogP contribution in [-0.2, 0) is 12.6 Å².